The van der Waals surface area contributed by atoms with Crippen LogP contribution in [-0.4, -0.2) is 68.4 Å². The van der Waals surface area contributed by atoms with Gasteiger partial charge in [0.05, 0.1) is 24.5 Å². The van der Waals surface area contributed by atoms with E-state index < -0.39 is 0 Å². The average molecular weight is 470 g/mol. The van der Waals surface area contributed by atoms with Gasteiger partial charge in [-0.05, 0) is 44.0 Å². The van der Waals surface area contributed by atoms with Gasteiger partial charge in [0.15, 0.2) is 11.7 Å². The molecule has 0 N–H and O–H groups in total. The first-order valence-electron chi connectivity index (χ1n) is 11.5. The summed E-state index contributed by atoms with van der Waals surface area (Å²) in [5.74, 6) is 1.37. The summed E-state index contributed by atoms with van der Waals surface area (Å²) < 4.78 is 18.1. The van der Waals surface area contributed by atoms with Crippen LogP contribution in [0.5, 0.6) is 11.5 Å². The molecule has 1 saturated heterocycles. The van der Waals surface area contributed by atoms with Crippen LogP contribution in [0.25, 0.3) is 10.2 Å². The van der Waals surface area contributed by atoms with Crippen molar-refractivity contribution in [2.45, 2.75) is 20.3 Å². The van der Waals surface area contributed by atoms with E-state index in [0.717, 1.165) is 66.5 Å². The Balaban J connectivity index is 1.51. The first-order chi connectivity index (χ1) is 16.2. The molecule has 7 nitrogen and oxygen atoms in total. The highest BCUT2D eigenvalue weighted by molar-refractivity contribution is 7.22. The molecule has 1 aliphatic rings. The second kappa shape index (κ2) is 11.4. The van der Waals surface area contributed by atoms with Crippen LogP contribution in [0, 0.1) is 6.92 Å². The number of fused-ring (bicyclic) bond motifs is 1. The van der Waals surface area contributed by atoms with E-state index in [1.165, 1.54) is 11.3 Å². The molecule has 1 aromatic heterocycles. The van der Waals surface area contributed by atoms with Crippen LogP contribution >= 0.6 is 11.3 Å². The summed E-state index contributed by atoms with van der Waals surface area (Å²) in [6, 6.07) is 13.6. The van der Waals surface area contributed by atoms with E-state index in [-0.39, 0.29) is 12.5 Å². The number of carbonyl (C=O) groups excluding carboxylic acids is 1. The molecule has 2 aromatic carbocycles. The number of anilines is 1. The molecule has 0 atom stereocenters. The zero-order valence-corrected chi connectivity index (χ0v) is 20.1. The lowest BCUT2D eigenvalue weighted by atomic mass is 10.2. The van der Waals surface area contributed by atoms with Gasteiger partial charge >= 0.3 is 0 Å². The van der Waals surface area contributed by atoms with E-state index in [1.807, 2.05) is 56.3 Å². The minimum Gasteiger partial charge on any atom is -0.492 e. The summed E-state index contributed by atoms with van der Waals surface area (Å²) in [6.07, 6.45) is 0.852. The predicted molar refractivity (Wildman–Crippen MR) is 132 cm³/mol. The van der Waals surface area contributed by atoms with Gasteiger partial charge in [0, 0.05) is 26.2 Å². The summed E-state index contributed by atoms with van der Waals surface area (Å²) >= 11 is 1.51. The number of morpholine rings is 1. The largest absolute Gasteiger partial charge is 0.492 e. The Bertz CT molecular complexity index is 1060. The number of ether oxygens (including phenoxy) is 3. The molecule has 1 amide bonds. The molecular formula is C25H31N3O4S. The zero-order valence-electron chi connectivity index (χ0n) is 19.3. The predicted octanol–water partition coefficient (Wildman–Crippen LogP) is 4.14. The van der Waals surface area contributed by atoms with Gasteiger partial charge in [-0.25, -0.2) is 4.98 Å². The van der Waals surface area contributed by atoms with E-state index in [1.54, 1.807) is 4.90 Å². The van der Waals surface area contributed by atoms with Gasteiger partial charge in [-0.2, -0.15) is 0 Å². The minimum atomic E-state index is -0.0998. The molecular weight excluding hydrogens is 438 g/mol. The number of hydrogen-bond acceptors (Lipinski definition) is 7. The number of aryl methyl sites for hydroxylation is 1. The number of rotatable bonds is 10. The van der Waals surface area contributed by atoms with Crippen molar-refractivity contribution in [3.05, 3.63) is 48.0 Å². The maximum atomic E-state index is 13.3. The second-order valence-corrected chi connectivity index (χ2v) is 8.95. The summed E-state index contributed by atoms with van der Waals surface area (Å²) in [5, 5.41) is 0.678. The topological polar surface area (TPSA) is 64.1 Å². The molecule has 0 spiro atoms. The molecule has 4 rings (SSSR count). The number of para-hydroxylation sites is 2. The van der Waals surface area contributed by atoms with Gasteiger partial charge in [-0.15, -0.1) is 0 Å². The molecule has 1 aliphatic heterocycles. The number of aromatic nitrogens is 1. The van der Waals surface area contributed by atoms with Crippen molar-refractivity contribution < 1.29 is 19.0 Å². The smallest absolute Gasteiger partial charge is 0.266 e. The van der Waals surface area contributed by atoms with Crippen molar-refractivity contribution >= 4 is 32.6 Å². The fourth-order valence-corrected chi connectivity index (χ4v) is 4.87. The Labute approximate surface area is 198 Å². The number of thiazole rings is 1. The molecule has 3 aromatic rings. The Hall–Kier alpha value is -2.68. The van der Waals surface area contributed by atoms with Crippen molar-refractivity contribution in [1.29, 1.82) is 0 Å². The van der Waals surface area contributed by atoms with Crippen LogP contribution in [-0.2, 0) is 9.53 Å². The molecule has 2 heterocycles. The van der Waals surface area contributed by atoms with Gasteiger partial charge in [-0.1, -0.05) is 35.6 Å². The van der Waals surface area contributed by atoms with Crippen LogP contribution in [0.3, 0.4) is 0 Å². The Kier molecular flexibility index (Phi) is 8.15. The van der Waals surface area contributed by atoms with Gasteiger partial charge in [-0.3, -0.25) is 14.6 Å². The molecule has 0 bridgehead atoms. The van der Waals surface area contributed by atoms with E-state index in [4.69, 9.17) is 19.2 Å². The van der Waals surface area contributed by atoms with Crippen LogP contribution < -0.4 is 14.4 Å². The van der Waals surface area contributed by atoms with Crippen molar-refractivity contribution in [3.63, 3.8) is 0 Å². The lowest BCUT2D eigenvalue weighted by Gasteiger charge is -2.27. The SMILES string of the molecule is CCOc1cccc2sc(N(CCCN3CCOCC3)C(=O)COc3ccccc3C)nc12. The Morgan fingerprint density at radius 1 is 1.12 bits per heavy atom. The van der Waals surface area contributed by atoms with Gasteiger partial charge in [0.2, 0.25) is 0 Å². The highest BCUT2D eigenvalue weighted by Crippen LogP contribution is 2.34. The summed E-state index contributed by atoms with van der Waals surface area (Å²) in [5.41, 5.74) is 1.80. The normalized spacial score (nSPS) is 14.4. The minimum absolute atomic E-state index is 0.0311. The van der Waals surface area contributed by atoms with E-state index in [0.29, 0.717) is 18.3 Å². The Morgan fingerprint density at radius 2 is 1.91 bits per heavy atom. The number of carbonyl (C=O) groups is 1. The third-order valence-corrected chi connectivity index (χ3v) is 6.65. The van der Waals surface area contributed by atoms with Crippen LogP contribution in [0.2, 0.25) is 0 Å². The summed E-state index contributed by atoms with van der Waals surface area (Å²) in [4.78, 5) is 22.2. The molecule has 176 valence electrons. The zero-order chi connectivity index (χ0) is 23.0. The summed E-state index contributed by atoms with van der Waals surface area (Å²) in [6.45, 7) is 9.37. The standard InChI is InChI=1S/C25H31N3O4S/c1-3-31-21-10-6-11-22-24(21)26-25(33-22)28(13-7-12-27-14-16-30-17-15-27)23(29)18-32-20-9-5-4-8-19(20)2/h4-6,8-11H,3,7,12-18H2,1-2H3. The number of amides is 1. The maximum absolute atomic E-state index is 13.3. The second-order valence-electron chi connectivity index (χ2n) is 7.94. The van der Waals surface area contributed by atoms with Gasteiger partial charge in [0.1, 0.15) is 17.0 Å². The molecule has 1 fully saturated rings. The number of nitrogens with zero attached hydrogens (tertiary/aromatic N) is 3. The summed E-state index contributed by atoms with van der Waals surface area (Å²) in [7, 11) is 0. The van der Waals surface area contributed by atoms with Gasteiger partial charge in [0.25, 0.3) is 5.91 Å². The lowest BCUT2D eigenvalue weighted by Crippen LogP contribution is -2.40. The van der Waals surface area contributed by atoms with Crippen LogP contribution in [0.15, 0.2) is 42.5 Å². The van der Waals surface area contributed by atoms with Crippen LogP contribution in [0.4, 0.5) is 5.13 Å². The first-order valence-corrected chi connectivity index (χ1v) is 12.3. The van der Waals surface area contributed by atoms with E-state index in [9.17, 15) is 4.79 Å². The molecule has 0 radical (unpaired) electrons. The fraction of sp³-hybridized carbons (Fsp3) is 0.440. The van der Waals surface area contributed by atoms with Crippen LogP contribution in [0.1, 0.15) is 18.9 Å². The number of benzene rings is 2. The Morgan fingerprint density at radius 3 is 2.70 bits per heavy atom. The molecule has 0 saturated carbocycles. The molecule has 33 heavy (non-hydrogen) atoms. The lowest BCUT2D eigenvalue weighted by molar-refractivity contribution is -0.120. The number of hydrogen-bond donors (Lipinski definition) is 0. The molecule has 0 unspecified atom stereocenters. The highest BCUT2D eigenvalue weighted by atomic mass is 32.1. The van der Waals surface area contributed by atoms with E-state index in [2.05, 4.69) is 4.90 Å². The van der Waals surface area contributed by atoms with Crippen molar-refractivity contribution in [1.82, 2.24) is 9.88 Å². The van der Waals surface area contributed by atoms with Crippen molar-refractivity contribution in [3.8, 4) is 11.5 Å². The first kappa shape index (κ1) is 23.5. The maximum Gasteiger partial charge on any atom is 0.266 e. The molecule has 8 heteroatoms. The third kappa shape index (κ3) is 6.01. The quantitative estimate of drug-likeness (QED) is 0.445. The highest BCUT2D eigenvalue weighted by Gasteiger charge is 2.22. The van der Waals surface area contributed by atoms with Crippen molar-refractivity contribution in [2.24, 2.45) is 0 Å². The average Bonchev–Trinajstić information content (AvgIpc) is 3.27. The monoisotopic (exact) mass is 469 g/mol. The van der Waals surface area contributed by atoms with Gasteiger partial charge < -0.3 is 14.2 Å². The molecule has 0 aliphatic carbocycles. The van der Waals surface area contributed by atoms with Crippen molar-refractivity contribution in [2.75, 3.05) is 57.5 Å². The fourth-order valence-electron chi connectivity index (χ4n) is 3.84. The van der Waals surface area contributed by atoms with E-state index >= 15 is 0 Å². The third-order valence-electron chi connectivity index (χ3n) is 5.61.